The van der Waals surface area contributed by atoms with Gasteiger partial charge in [-0.2, -0.15) is 5.10 Å². The van der Waals surface area contributed by atoms with Gasteiger partial charge in [-0.3, -0.25) is 9.48 Å². The van der Waals surface area contributed by atoms with Gasteiger partial charge in [-0.15, -0.1) is 11.3 Å². The van der Waals surface area contributed by atoms with Gasteiger partial charge in [0.1, 0.15) is 6.04 Å². The van der Waals surface area contributed by atoms with E-state index in [0.29, 0.717) is 11.2 Å². The number of hydrogen-bond acceptors (Lipinski definition) is 4. The van der Waals surface area contributed by atoms with Crippen LogP contribution in [0.4, 0.5) is 0 Å². The van der Waals surface area contributed by atoms with Crippen LogP contribution in [0.2, 0.25) is 0 Å². The van der Waals surface area contributed by atoms with E-state index in [9.17, 15) is 4.79 Å². The summed E-state index contributed by atoms with van der Waals surface area (Å²) in [5, 5.41) is 9.16. The van der Waals surface area contributed by atoms with Gasteiger partial charge in [-0.1, -0.05) is 6.07 Å². The number of rotatable bonds is 5. The largest absolute Gasteiger partial charge is 0.444 e. The third-order valence-corrected chi connectivity index (χ3v) is 4.37. The van der Waals surface area contributed by atoms with Crippen molar-refractivity contribution in [3.63, 3.8) is 0 Å². The van der Waals surface area contributed by atoms with E-state index in [0.717, 1.165) is 4.88 Å². The van der Waals surface area contributed by atoms with Crippen LogP contribution in [0.15, 0.2) is 57.2 Å². The normalized spacial score (nSPS) is 12.2. The maximum absolute atomic E-state index is 12.0. The van der Waals surface area contributed by atoms with Crippen molar-refractivity contribution in [3.05, 3.63) is 63.4 Å². The van der Waals surface area contributed by atoms with Gasteiger partial charge in [-0.25, -0.2) is 0 Å². The first kappa shape index (κ1) is 14.1. The van der Waals surface area contributed by atoms with Crippen LogP contribution in [-0.4, -0.2) is 22.2 Å². The number of thiophene rings is 1. The molecule has 1 amide bonds. The molecule has 5 nitrogen and oxygen atoms in total. The second-order valence-electron chi connectivity index (χ2n) is 4.33. The molecule has 0 saturated carbocycles. The average molecular weight is 366 g/mol. The molecule has 3 aromatic rings. The minimum atomic E-state index is -0.241. The van der Waals surface area contributed by atoms with Gasteiger partial charge >= 0.3 is 0 Å². The maximum Gasteiger partial charge on any atom is 0.287 e. The highest BCUT2D eigenvalue weighted by Crippen LogP contribution is 2.22. The molecule has 1 unspecified atom stereocenters. The average Bonchev–Trinajstić information content (AvgIpc) is 3.21. The summed E-state index contributed by atoms with van der Waals surface area (Å²) in [5.74, 6) is 0.0432. The molecule has 1 atom stereocenters. The Kier molecular flexibility index (Phi) is 4.21. The van der Waals surface area contributed by atoms with Gasteiger partial charge in [0.05, 0.1) is 0 Å². The van der Waals surface area contributed by atoms with Crippen LogP contribution in [0.25, 0.3) is 0 Å². The molecule has 1 N–H and O–H groups in total. The summed E-state index contributed by atoms with van der Waals surface area (Å²) in [5.41, 5.74) is 0. The molecule has 3 heterocycles. The quantitative estimate of drug-likeness (QED) is 0.754. The first-order valence-corrected chi connectivity index (χ1v) is 7.97. The topological polar surface area (TPSA) is 60.1 Å². The maximum atomic E-state index is 12.0. The lowest BCUT2D eigenvalue weighted by Gasteiger charge is -2.16. The van der Waals surface area contributed by atoms with E-state index >= 15 is 0 Å². The second kappa shape index (κ2) is 6.28. The molecule has 0 bridgehead atoms. The van der Waals surface area contributed by atoms with E-state index in [4.69, 9.17) is 4.42 Å². The molecule has 7 heteroatoms. The van der Waals surface area contributed by atoms with Crippen molar-refractivity contribution >= 4 is 33.2 Å². The summed E-state index contributed by atoms with van der Waals surface area (Å²) >= 11 is 4.82. The van der Waals surface area contributed by atoms with Crippen molar-refractivity contribution in [1.82, 2.24) is 15.1 Å². The van der Waals surface area contributed by atoms with Crippen molar-refractivity contribution in [2.75, 3.05) is 6.54 Å². The fourth-order valence-corrected chi connectivity index (χ4v) is 3.11. The van der Waals surface area contributed by atoms with Crippen LogP contribution >= 0.6 is 27.3 Å². The van der Waals surface area contributed by atoms with E-state index in [1.54, 1.807) is 29.7 Å². The van der Waals surface area contributed by atoms with Crippen molar-refractivity contribution < 1.29 is 9.21 Å². The number of carbonyl (C=O) groups excluding carboxylic acids is 1. The fourth-order valence-electron chi connectivity index (χ4n) is 1.98. The predicted molar refractivity (Wildman–Crippen MR) is 83.4 cm³/mol. The van der Waals surface area contributed by atoms with Gasteiger partial charge in [0.15, 0.2) is 10.4 Å². The molecule has 108 valence electrons. The molecule has 0 aliphatic carbocycles. The van der Waals surface area contributed by atoms with Gasteiger partial charge in [0.2, 0.25) is 0 Å². The molecule has 0 spiro atoms. The SMILES string of the molecule is O=C(NCC(c1cccs1)n1cccn1)c1ccc(Br)o1. The summed E-state index contributed by atoms with van der Waals surface area (Å²) < 4.78 is 7.62. The Labute approximate surface area is 133 Å². The molecule has 3 rings (SSSR count). The lowest BCUT2D eigenvalue weighted by molar-refractivity contribution is 0.0920. The Balaban J connectivity index is 1.72. The van der Waals surface area contributed by atoms with Crippen molar-refractivity contribution in [1.29, 1.82) is 0 Å². The summed E-state index contributed by atoms with van der Waals surface area (Å²) in [7, 11) is 0. The standard InChI is InChI=1S/C14H12BrN3O2S/c15-13-5-4-11(20-13)14(19)16-9-10(12-3-1-8-21-12)18-7-2-6-17-18/h1-8,10H,9H2,(H,16,19). The molecule has 0 radical (unpaired) electrons. The number of halogens is 1. The van der Waals surface area contributed by atoms with Crippen LogP contribution in [0.3, 0.4) is 0 Å². The Morgan fingerprint density at radius 3 is 2.95 bits per heavy atom. The fraction of sp³-hybridized carbons (Fsp3) is 0.143. The summed E-state index contributed by atoms with van der Waals surface area (Å²) in [4.78, 5) is 13.2. The highest BCUT2D eigenvalue weighted by atomic mass is 79.9. The van der Waals surface area contributed by atoms with E-state index in [1.807, 2.05) is 34.5 Å². The van der Waals surface area contributed by atoms with Crippen molar-refractivity contribution in [3.8, 4) is 0 Å². The molecule has 21 heavy (non-hydrogen) atoms. The van der Waals surface area contributed by atoms with E-state index in [2.05, 4.69) is 26.3 Å². The van der Waals surface area contributed by atoms with Gasteiger partial charge in [0, 0.05) is 23.8 Å². The lowest BCUT2D eigenvalue weighted by atomic mass is 10.2. The lowest BCUT2D eigenvalue weighted by Crippen LogP contribution is -2.31. The minimum absolute atomic E-state index is 0.0256. The smallest absolute Gasteiger partial charge is 0.287 e. The number of amides is 1. The van der Waals surface area contributed by atoms with Crippen LogP contribution in [0.5, 0.6) is 0 Å². The van der Waals surface area contributed by atoms with Crippen LogP contribution in [0, 0.1) is 0 Å². The number of nitrogens with zero attached hydrogens (tertiary/aromatic N) is 2. The van der Waals surface area contributed by atoms with Crippen molar-refractivity contribution in [2.45, 2.75) is 6.04 Å². The Morgan fingerprint density at radius 1 is 1.43 bits per heavy atom. The highest BCUT2D eigenvalue weighted by Gasteiger charge is 2.18. The molecule has 0 aliphatic rings. The third-order valence-electron chi connectivity index (χ3n) is 2.97. The summed E-state index contributed by atoms with van der Waals surface area (Å²) in [6.07, 6.45) is 3.62. The Bertz CT molecular complexity index is 672. The summed E-state index contributed by atoms with van der Waals surface area (Å²) in [6, 6.07) is 9.19. The summed E-state index contributed by atoms with van der Waals surface area (Å²) in [6.45, 7) is 0.444. The predicted octanol–water partition coefficient (Wildman–Crippen LogP) is 3.32. The molecule has 0 fully saturated rings. The van der Waals surface area contributed by atoms with Crippen molar-refractivity contribution in [2.24, 2.45) is 0 Å². The van der Waals surface area contributed by atoms with E-state index in [-0.39, 0.29) is 17.7 Å². The zero-order valence-corrected chi connectivity index (χ0v) is 13.3. The van der Waals surface area contributed by atoms with Crippen LogP contribution in [-0.2, 0) is 0 Å². The molecular formula is C14H12BrN3O2S. The van der Waals surface area contributed by atoms with Crippen LogP contribution < -0.4 is 5.32 Å². The number of furan rings is 1. The monoisotopic (exact) mass is 365 g/mol. The minimum Gasteiger partial charge on any atom is -0.444 e. The Hall–Kier alpha value is -1.86. The van der Waals surface area contributed by atoms with E-state index < -0.39 is 0 Å². The number of aromatic nitrogens is 2. The molecule has 0 aliphatic heterocycles. The molecule has 3 aromatic heterocycles. The van der Waals surface area contributed by atoms with E-state index in [1.165, 1.54) is 0 Å². The third kappa shape index (κ3) is 3.25. The zero-order valence-electron chi connectivity index (χ0n) is 10.9. The first-order valence-electron chi connectivity index (χ1n) is 6.30. The zero-order chi connectivity index (χ0) is 14.7. The second-order valence-corrected chi connectivity index (χ2v) is 6.09. The van der Waals surface area contributed by atoms with Crippen LogP contribution in [0.1, 0.15) is 21.5 Å². The number of nitrogens with one attached hydrogen (secondary N) is 1. The van der Waals surface area contributed by atoms with Gasteiger partial charge in [-0.05, 0) is 45.6 Å². The molecular weight excluding hydrogens is 354 g/mol. The Morgan fingerprint density at radius 2 is 2.33 bits per heavy atom. The highest BCUT2D eigenvalue weighted by molar-refractivity contribution is 9.10. The number of hydrogen-bond donors (Lipinski definition) is 1. The van der Waals surface area contributed by atoms with Gasteiger partial charge in [0.25, 0.3) is 5.91 Å². The number of carbonyl (C=O) groups is 1. The first-order chi connectivity index (χ1) is 10.2. The molecule has 0 saturated heterocycles. The molecule has 0 aromatic carbocycles. The van der Waals surface area contributed by atoms with Gasteiger partial charge < -0.3 is 9.73 Å².